The molecule has 0 radical (unpaired) electrons. The predicted molar refractivity (Wildman–Crippen MR) is 135 cm³/mol. The van der Waals surface area contributed by atoms with Crippen molar-refractivity contribution in [2.45, 2.75) is 63.8 Å². The molecule has 2 aromatic carbocycles. The van der Waals surface area contributed by atoms with Crippen molar-refractivity contribution in [2.24, 2.45) is 0 Å². The largest absolute Gasteiger partial charge is 0.330 e. The van der Waals surface area contributed by atoms with Crippen LogP contribution in [0.3, 0.4) is 0 Å². The van der Waals surface area contributed by atoms with Gasteiger partial charge in [0, 0.05) is 43.5 Å². The van der Waals surface area contributed by atoms with E-state index in [-0.39, 0.29) is 29.2 Å². The lowest BCUT2D eigenvalue weighted by atomic mass is 9.87. The Morgan fingerprint density at radius 1 is 1.09 bits per heavy atom. The predicted octanol–water partition coefficient (Wildman–Crippen LogP) is 4.66. The van der Waals surface area contributed by atoms with Gasteiger partial charge in [-0.05, 0) is 40.8 Å². The van der Waals surface area contributed by atoms with Gasteiger partial charge in [0.15, 0.2) is 0 Å². The Bertz CT molecular complexity index is 1220. The van der Waals surface area contributed by atoms with Crippen LogP contribution in [0.5, 0.6) is 0 Å². The molecule has 182 valence electrons. The summed E-state index contributed by atoms with van der Waals surface area (Å²) in [5, 5.41) is 2.85. The summed E-state index contributed by atoms with van der Waals surface area (Å²) in [6, 6.07) is 14.5. The summed E-state index contributed by atoms with van der Waals surface area (Å²) in [6.45, 7) is 11.1. The van der Waals surface area contributed by atoms with E-state index in [1.807, 2.05) is 42.6 Å². The molecular weight excluding hydrogens is 448 g/mol. The number of carbonyl (C=O) groups is 1. The number of amides is 1. The molecule has 1 heterocycles. The second-order valence-electron chi connectivity index (χ2n) is 9.74. The number of carbonyl (C=O) groups excluding carboxylic acids is 1. The number of aromatic nitrogens is 2. The topological polar surface area (TPSA) is 93.1 Å². The molecule has 0 atom stereocenters. The molecule has 2 N–H and O–H groups in total. The van der Waals surface area contributed by atoms with Crippen molar-refractivity contribution >= 4 is 21.6 Å². The number of hydrogen-bond donors (Lipinski definition) is 2. The van der Waals surface area contributed by atoms with Crippen molar-refractivity contribution < 1.29 is 13.2 Å². The van der Waals surface area contributed by atoms with E-state index in [0.717, 1.165) is 17.0 Å². The Morgan fingerprint density at radius 3 is 2.44 bits per heavy atom. The summed E-state index contributed by atoms with van der Waals surface area (Å²) in [6.07, 6.45) is 3.77. The van der Waals surface area contributed by atoms with Crippen molar-refractivity contribution in [3.05, 3.63) is 77.9 Å². The number of nitrogens with one attached hydrogen (secondary N) is 2. The SMILES string of the molecule is CC(C)c1nccn1Cc1cccc(NC(=O)CCNS(=O)(=O)c2ccc(C(C)(C)C)cc2)c1. The maximum Gasteiger partial charge on any atom is 0.240 e. The molecule has 0 aliphatic rings. The van der Waals surface area contributed by atoms with Crippen LogP contribution in [0, 0.1) is 0 Å². The first-order chi connectivity index (χ1) is 16.0. The zero-order chi connectivity index (χ0) is 24.9. The van der Waals surface area contributed by atoms with E-state index in [0.29, 0.717) is 18.2 Å². The Labute approximate surface area is 202 Å². The van der Waals surface area contributed by atoms with Crippen LogP contribution in [0.2, 0.25) is 0 Å². The molecule has 0 fully saturated rings. The fourth-order valence-corrected chi connectivity index (χ4v) is 4.67. The molecule has 1 aromatic heterocycles. The minimum absolute atomic E-state index is 0.0155. The summed E-state index contributed by atoms with van der Waals surface area (Å²) < 4.78 is 29.7. The summed E-state index contributed by atoms with van der Waals surface area (Å²) in [5.74, 6) is 1.07. The molecule has 1 amide bonds. The van der Waals surface area contributed by atoms with Gasteiger partial charge in [-0.3, -0.25) is 4.79 Å². The van der Waals surface area contributed by atoms with Gasteiger partial charge < -0.3 is 9.88 Å². The van der Waals surface area contributed by atoms with Crippen LogP contribution in [0.4, 0.5) is 5.69 Å². The number of hydrogen-bond acceptors (Lipinski definition) is 4. The number of sulfonamides is 1. The maximum absolute atomic E-state index is 12.6. The Morgan fingerprint density at radius 2 is 1.79 bits per heavy atom. The number of imidazole rings is 1. The van der Waals surface area contributed by atoms with Crippen LogP contribution in [-0.4, -0.2) is 30.4 Å². The smallest absolute Gasteiger partial charge is 0.240 e. The highest BCUT2D eigenvalue weighted by Gasteiger charge is 2.18. The summed E-state index contributed by atoms with van der Waals surface area (Å²) in [7, 11) is -3.68. The fourth-order valence-electron chi connectivity index (χ4n) is 3.64. The van der Waals surface area contributed by atoms with Gasteiger partial charge in [0.25, 0.3) is 0 Å². The minimum Gasteiger partial charge on any atom is -0.330 e. The van der Waals surface area contributed by atoms with Gasteiger partial charge in [0.05, 0.1) is 4.90 Å². The minimum atomic E-state index is -3.68. The quantitative estimate of drug-likeness (QED) is 0.464. The number of anilines is 1. The third-order valence-corrected chi connectivity index (χ3v) is 6.98. The molecular formula is C26H34N4O3S. The zero-order valence-corrected chi connectivity index (χ0v) is 21.3. The highest BCUT2D eigenvalue weighted by atomic mass is 32.2. The normalized spacial score (nSPS) is 12.2. The molecule has 34 heavy (non-hydrogen) atoms. The fraction of sp³-hybridized carbons (Fsp3) is 0.385. The van der Waals surface area contributed by atoms with Crippen LogP contribution < -0.4 is 10.0 Å². The average molecular weight is 483 g/mol. The number of rotatable bonds is 9. The maximum atomic E-state index is 12.6. The van der Waals surface area contributed by atoms with E-state index in [9.17, 15) is 13.2 Å². The zero-order valence-electron chi connectivity index (χ0n) is 20.5. The molecule has 8 heteroatoms. The van der Waals surface area contributed by atoms with Gasteiger partial charge in [-0.2, -0.15) is 0 Å². The van der Waals surface area contributed by atoms with Crippen LogP contribution in [0.15, 0.2) is 65.8 Å². The first-order valence-electron chi connectivity index (χ1n) is 11.5. The van der Waals surface area contributed by atoms with E-state index in [2.05, 4.69) is 54.2 Å². The van der Waals surface area contributed by atoms with Crippen LogP contribution in [-0.2, 0) is 26.8 Å². The Balaban J connectivity index is 1.54. The first-order valence-corrected chi connectivity index (χ1v) is 12.9. The van der Waals surface area contributed by atoms with E-state index in [1.54, 1.807) is 18.3 Å². The van der Waals surface area contributed by atoms with E-state index in [4.69, 9.17) is 0 Å². The average Bonchev–Trinajstić information content (AvgIpc) is 3.22. The van der Waals surface area contributed by atoms with E-state index < -0.39 is 10.0 Å². The summed E-state index contributed by atoms with van der Waals surface area (Å²) >= 11 is 0. The van der Waals surface area contributed by atoms with Gasteiger partial charge in [-0.25, -0.2) is 18.1 Å². The molecule has 0 aliphatic carbocycles. The second kappa shape index (κ2) is 10.5. The van der Waals surface area contributed by atoms with Crippen molar-refractivity contribution in [1.29, 1.82) is 0 Å². The van der Waals surface area contributed by atoms with Crippen molar-refractivity contribution in [3.63, 3.8) is 0 Å². The molecule has 3 rings (SSSR count). The Hall–Kier alpha value is -2.97. The monoisotopic (exact) mass is 482 g/mol. The van der Waals surface area contributed by atoms with Crippen molar-refractivity contribution in [1.82, 2.24) is 14.3 Å². The lowest BCUT2D eigenvalue weighted by Crippen LogP contribution is -2.28. The molecule has 7 nitrogen and oxygen atoms in total. The van der Waals surface area contributed by atoms with E-state index in [1.165, 1.54) is 0 Å². The summed E-state index contributed by atoms with van der Waals surface area (Å²) in [4.78, 5) is 17.0. The third-order valence-electron chi connectivity index (χ3n) is 5.50. The molecule has 0 aliphatic heterocycles. The van der Waals surface area contributed by atoms with Crippen LogP contribution in [0.1, 0.15) is 63.9 Å². The standard InChI is InChI=1S/C26H34N4O3S/c1-19(2)25-27-15-16-30(25)18-20-7-6-8-22(17-20)29-24(31)13-14-28-34(32,33)23-11-9-21(10-12-23)26(3,4)5/h6-12,15-17,19,28H,13-14,18H2,1-5H3,(H,29,31). The van der Waals surface area contributed by atoms with Crippen molar-refractivity contribution in [2.75, 3.05) is 11.9 Å². The molecule has 0 bridgehead atoms. The number of benzene rings is 2. The molecule has 0 spiro atoms. The highest BCUT2D eigenvalue weighted by Crippen LogP contribution is 2.23. The lowest BCUT2D eigenvalue weighted by molar-refractivity contribution is -0.116. The van der Waals surface area contributed by atoms with Gasteiger partial charge in [-0.15, -0.1) is 0 Å². The molecule has 0 unspecified atom stereocenters. The lowest BCUT2D eigenvalue weighted by Gasteiger charge is -2.19. The summed E-state index contributed by atoms with van der Waals surface area (Å²) in [5.41, 5.74) is 2.72. The van der Waals surface area contributed by atoms with Crippen LogP contribution in [0.25, 0.3) is 0 Å². The Kier molecular flexibility index (Phi) is 7.94. The number of nitrogens with zero attached hydrogens (tertiary/aromatic N) is 2. The first kappa shape index (κ1) is 25.6. The van der Waals surface area contributed by atoms with Gasteiger partial charge >= 0.3 is 0 Å². The van der Waals surface area contributed by atoms with Gasteiger partial charge in [0.1, 0.15) is 5.82 Å². The van der Waals surface area contributed by atoms with Crippen LogP contribution >= 0.6 is 0 Å². The molecule has 3 aromatic rings. The van der Waals surface area contributed by atoms with Gasteiger partial charge in [-0.1, -0.05) is 58.9 Å². The highest BCUT2D eigenvalue weighted by molar-refractivity contribution is 7.89. The third kappa shape index (κ3) is 6.77. The van der Waals surface area contributed by atoms with E-state index >= 15 is 0 Å². The van der Waals surface area contributed by atoms with Crippen molar-refractivity contribution in [3.8, 4) is 0 Å². The molecule has 0 saturated heterocycles. The second-order valence-corrected chi connectivity index (χ2v) is 11.5. The molecule has 0 saturated carbocycles. The van der Waals surface area contributed by atoms with Gasteiger partial charge in [0.2, 0.25) is 15.9 Å².